The summed E-state index contributed by atoms with van der Waals surface area (Å²) < 4.78 is 0. The van der Waals surface area contributed by atoms with Crippen LogP contribution in [0, 0.1) is 0 Å². The van der Waals surface area contributed by atoms with Crippen molar-refractivity contribution >= 4 is 6.41 Å². The lowest BCUT2D eigenvalue weighted by molar-refractivity contribution is -0.120. The van der Waals surface area contributed by atoms with Gasteiger partial charge in [0.25, 0.3) is 0 Å². The Kier molecular flexibility index (Phi) is 4.88. The molecule has 0 aromatic rings. The van der Waals surface area contributed by atoms with Gasteiger partial charge in [0.2, 0.25) is 6.41 Å². The van der Waals surface area contributed by atoms with Gasteiger partial charge in [-0.25, -0.2) is 0 Å². The quantitative estimate of drug-likeness (QED) is 0.398. The van der Waals surface area contributed by atoms with Crippen LogP contribution in [-0.4, -0.2) is 55.2 Å². The number of carbonyl (C=O) groups is 1. The van der Waals surface area contributed by atoms with Gasteiger partial charge in [-0.15, -0.1) is 0 Å². The number of rotatable bonds is 5. The molecule has 0 aromatic heterocycles. The molecule has 0 rings (SSSR count). The summed E-state index contributed by atoms with van der Waals surface area (Å²) >= 11 is 0. The molecule has 0 aliphatic heterocycles. The molecular weight excluding hydrogens is 132 g/mol. The second-order valence-electron chi connectivity index (χ2n) is 2.36. The highest BCUT2D eigenvalue weighted by atomic mass is 16.3. The maximum absolute atomic E-state index is 10.2. The van der Waals surface area contributed by atoms with Crippen LogP contribution in [-0.2, 0) is 4.79 Å². The lowest BCUT2D eigenvalue weighted by Crippen LogP contribution is -2.34. The van der Waals surface area contributed by atoms with Crippen molar-refractivity contribution in [1.29, 1.82) is 0 Å². The lowest BCUT2D eigenvalue weighted by atomic mass is 10.6. The van der Waals surface area contributed by atoms with Crippen molar-refractivity contribution < 1.29 is 9.90 Å². The van der Waals surface area contributed by atoms with Gasteiger partial charge in [-0.05, 0) is 14.1 Å². The summed E-state index contributed by atoms with van der Waals surface area (Å²) in [7, 11) is 3.74. The van der Waals surface area contributed by atoms with Gasteiger partial charge in [-0.2, -0.15) is 0 Å². The van der Waals surface area contributed by atoms with Crippen LogP contribution in [0.5, 0.6) is 0 Å². The first kappa shape index (κ1) is 9.39. The van der Waals surface area contributed by atoms with Gasteiger partial charge in [-0.3, -0.25) is 9.69 Å². The molecule has 1 amide bonds. The summed E-state index contributed by atoms with van der Waals surface area (Å²) in [5.74, 6) is 0. The van der Waals surface area contributed by atoms with Crippen molar-refractivity contribution in [3.8, 4) is 0 Å². The predicted molar refractivity (Wildman–Crippen MR) is 38.4 cm³/mol. The molecule has 0 bridgehead atoms. The smallest absolute Gasteiger partial charge is 0.210 e. The standard InChI is InChI=1S/C6H14N2O2/c1-7(2)5-8(6-10)3-4-9/h6,9H,3-5H2,1-2H3. The molecule has 0 atom stereocenters. The van der Waals surface area contributed by atoms with Crippen LogP contribution in [0.15, 0.2) is 0 Å². The monoisotopic (exact) mass is 146 g/mol. The molecule has 0 heterocycles. The van der Waals surface area contributed by atoms with E-state index in [9.17, 15) is 4.79 Å². The molecule has 0 saturated carbocycles. The summed E-state index contributed by atoms with van der Waals surface area (Å²) in [6.07, 6.45) is 0.732. The summed E-state index contributed by atoms with van der Waals surface area (Å²) in [4.78, 5) is 13.6. The van der Waals surface area contributed by atoms with E-state index in [0.29, 0.717) is 13.2 Å². The first-order valence-electron chi connectivity index (χ1n) is 3.15. The van der Waals surface area contributed by atoms with Gasteiger partial charge in [-0.1, -0.05) is 0 Å². The zero-order valence-electron chi connectivity index (χ0n) is 6.45. The number of carbonyl (C=O) groups excluding carboxylic acids is 1. The minimum Gasteiger partial charge on any atom is -0.395 e. The normalized spacial score (nSPS) is 10.0. The molecule has 0 spiro atoms. The highest BCUT2D eigenvalue weighted by molar-refractivity contribution is 5.46. The molecule has 0 aromatic carbocycles. The molecule has 60 valence electrons. The average Bonchev–Trinajstić information content (AvgIpc) is 1.86. The molecule has 0 radical (unpaired) electrons. The number of aliphatic hydroxyl groups is 1. The number of amides is 1. The Hall–Kier alpha value is -0.610. The van der Waals surface area contributed by atoms with E-state index in [4.69, 9.17) is 5.11 Å². The number of aliphatic hydroxyl groups excluding tert-OH is 1. The second kappa shape index (κ2) is 5.20. The Bertz CT molecular complexity index is 95.7. The molecule has 4 heteroatoms. The van der Waals surface area contributed by atoms with Gasteiger partial charge in [0.05, 0.1) is 13.3 Å². The Morgan fingerprint density at radius 3 is 2.40 bits per heavy atom. The van der Waals surface area contributed by atoms with Crippen LogP contribution < -0.4 is 0 Å². The largest absolute Gasteiger partial charge is 0.395 e. The Morgan fingerprint density at radius 1 is 1.50 bits per heavy atom. The molecule has 0 aliphatic rings. The average molecular weight is 146 g/mol. The van der Waals surface area contributed by atoms with Crippen molar-refractivity contribution in [3.05, 3.63) is 0 Å². The van der Waals surface area contributed by atoms with Crippen molar-refractivity contribution in [2.75, 3.05) is 33.9 Å². The third-order valence-electron chi connectivity index (χ3n) is 1.00. The van der Waals surface area contributed by atoms with E-state index in [0.717, 1.165) is 6.41 Å². The van der Waals surface area contributed by atoms with Gasteiger partial charge >= 0.3 is 0 Å². The fourth-order valence-corrected chi connectivity index (χ4v) is 0.648. The highest BCUT2D eigenvalue weighted by Gasteiger charge is 1.99. The van der Waals surface area contributed by atoms with E-state index in [-0.39, 0.29) is 6.61 Å². The van der Waals surface area contributed by atoms with Crippen LogP contribution >= 0.6 is 0 Å². The van der Waals surface area contributed by atoms with Gasteiger partial charge in [0.1, 0.15) is 0 Å². The minimum atomic E-state index is 0.0204. The molecule has 1 N–H and O–H groups in total. The topological polar surface area (TPSA) is 43.8 Å². The predicted octanol–water partition coefficient (Wildman–Crippen LogP) is -1.04. The van der Waals surface area contributed by atoms with E-state index in [1.54, 1.807) is 0 Å². The van der Waals surface area contributed by atoms with Gasteiger partial charge in [0, 0.05) is 6.54 Å². The van der Waals surface area contributed by atoms with E-state index < -0.39 is 0 Å². The summed E-state index contributed by atoms with van der Waals surface area (Å²) in [5.41, 5.74) is 0. The molecule has 4 nitrogen and oxygen atoms in total. The highest BCUT2D eigenvalue weighted by Crippen LogP contribution is 1.82. The number of hydrogen-bond acceptors (Lipinski definition) is 3. The first-order valence-corrected chi connectivity index (χ1v) is 3.15. The number of nitrogens with zero attached hydrogens (tertiary/aromatic N) is 2. The maximum Gasteiger partial charge on any atom is 0.210 e. The van der Waals surface area contributed by atoms with Crippen molar-refractivity contribution in [2.45, 2.75) is 0 Å². The van der Waals surface area contributed by atoms with Crippen molar-refractivity contribution in [1.82, 2.24) is 9.80 Å². The molecular formula is C6H14N2O2. The SMILES string of the molecule is CN(C)CN(C=O)CCO. The van der Waals surface area contributed by atoms with Crippen LogP contribution in [0.25, 0.3) is 0 Å². The second-order valence-corrected chi connectivity index (χ2v) is 2.36. The molecule has 0 unspecified atom stereocenters. The van der Waals surface area contributed by atoms with Crippen LogP contribution in [0.4, 0.5) is 0 Å². The summed E-state index contributed by atoms with van der Waals surface area (Å²) in [5, 5.41) is 8.46. The van der Waals surface area contributed by atoms with Gasteiger partial charge < -0.3 is 10.0 Å². The third kappa shape index (κ3) is 4.29. The fraction of sp³-hybridized carbons (Fsp3) is 0.833. The van der Waals surface area contributed by atoms with Gasteiger partial charge in [0.15, 0.2) is 0 Å². The van der Waals surface area contributed by atoms with E-state index in [2.05, 4.69) is 0 Å². The molecule has 0 aliphatic carbocycles. The fourth-order valence-electron chi connectivity index (χ4n) is 0.648. The van der Waals surface area contributed by atoms with Crippen molar-refractivity contribution in [2.24, 2.45) is 0 Å². The van der Waals surface area contributed by atoms with E-state index >= 15 is 0 Å². The first-order chi connectivity index (χ1) is 4.70. The molecule has 0 fully saturated rings. The number of hydrogen-bond donors (Lipinski definition) is 1. The minimum absolute atomic E-state index is 0.0204. The Balaban J connectivity index is 3.49. The Labute approximate surface area is 61.0 Å². The molecule has 10 heavy (non-hydrogen) atoms. The van der Waals surface area contributed by atoms with Crippen LogP contribution in [0.3, 0.4) is 0 Å². The Morgan fingerprint density at radius 2 is 2.10 bits per heavy atom. The maximum atomic E-state index is 10.2. The van der Waals surface area contributed by atoms with E-state index in [1.165, 1.54) is 4.90 Å². The zero-order valence-corrected chi connectivity index (χ0v) is 6.45. The lowest BCUT2D eigenvalue weighted by Gasteiger charge is -2.20. The van der Waals surface area contributed by atoms with Crippen LogP contribution in [0.1, 0.15) is 0 Å². The summed E-state index contributed by atoms with van der Waals surface area (Å²) in [6.45, 7) is 0.984. The molecule has 0 saturated heterocycles. The summed E-state index contributed by atoms with van der Waals surface area (Å²) in [6, 6.07) is 0. The zero-order chi connectivity index (χ0) is 7.98. The van der Waals surface area contributed by atoms with E-state index in [1.807, 2.05) is 19.0 Å². The van der Waals surface area contributed by atoms with Crippen LogP contribution in [0.2, 0.25) is 0 Å². The van der Waals surface area contributed by atoms with Crippen molar-refractivity contribution in [3.63, 3.8) is 0 Å². The third-order valence-corrected chi connectivity index (χ3v) is 1.00.